The molecule has 0 aliphatic rings. The SMILES string of the molecule is CC(C)c1ccc(S(=O)(=O)N[C@@H](C)CO)cc1. The quantitative estimate of drug-likeness (QED) is 0.839. The highest BCUT2D eigenvalue weighted by molar-refractivity contribution is 7.89. The zero-order valence-corrected chi connectivity index (χ0v) is 11.2. The van der Waals surface area contributed by atoms with Gasteiger partial charge in [0.2, 0.25) is 10.0 Å². The minimum absolute atomic E-state index is 0.219. The molecular formula is C12H19NO3S. The van der Waals surface area contributed by atoms with E-state index in [1.165, 1.54) is 0 Å². The van der Waals surface area contributed by atoms with Crippen LogP contribution in [-0.4, -0.2) is 26.2 Å². The molecule has 0 saturated carbocycles. The lowest BCUT2D eigenvalue weighted by Crippen LogP contribution is -2.34. The summed E-state index contributed by atoms with van der Waals surface area (Å²) in [6.07, 6.45) is 0. The number of aliphatic hydroxyl groups excluding tert-OH is 1. The van der Waals surface area contributed by atoms with Crippen molar-refractivity contribution in [1.29, 1.82) is 0 Å². The van der Waals surface area contributed by atoms with Crippen LogP contribution in [-0.2, 0) is 10.0 Å². The summed E-state index contributed by atoms with van der Waals surface area (Å²) < 4.78 is 26.1. The highest BCUT2D eigenvalue weighted by Gasteiger charge is 2.16. The average Bonchev–Trinajstić information content (AvgIpc) is 2.28. The van der Waals surface area contributed by atoms with E-state index < -0.39 is 16.1 Å². The van der Waals surface area contributed by atoms with Gasteiger partial charge < -0.3 is 5.11 Å². The normalized spacial score (nSPS) is 13.9. The first-order chi connectivity index (χ1) is 7.86. The zero-order chi connectivity index (χ0) is 13.1. The Morgan fingerprint density at radius 3 is 2.12 bits per heavy atom. The van der Waals surface area contributed by atoms with Crippen LogP contribution in [0.2, 0.25) is 0 Å². The summed E-state index contributed by atoms with van der Waals surface area (Å²) >= 11 is 0. The molecule has 17 heavy (non-hydrogen) atoms. The first-order valence-corrected chi connectivity index (χ1v) is 7.08. The third-order valence-electron chi connectivity index (χ3n) is 2.49. The van der Waals surface area contributed by atoms with Crippen molar-refractivity contribution in [3.8, 4) is 0 Å². The van der Waals surface area contributed by atoms with Crippen molar-refractivity contribution in [3.63, 3.8) is 0 Å². The second kappa shape index (κ2) is 5.62. The Hall–Kier alpha value is -0.910. The van der Waals surface area contributed by atoms with Crippen LogP contribution >= 0.6 is 0 Å². The van der Waals surface area contributed by atoms with E-state index in [4.69, 9.17) is 5.11 Å². The van der Waals surface area contributed by atoms with Crippen molar-refractivity contribution in [1.82, 2.24) is 4.72 Å². The van der Waals surface area contributed by atoms with Gasteiger partial charge in [-0.05, 0) is 30.5 Å². The summed E-state index contributed by atoms with van der Waals surface area (Å²) in [5.41, 5.74) is 1.10. The Kier molecular flexibility index (Phi) is 4.68. The monoisotopic (exact) mass is 257 g/mol. The number of hydrogen-bond acceptors (Lipinski definition) is 3. The minimum Gasteiger partial charge on any atom is -0.395 e. The Morgan fingerprint density at radius 2 is 1.71 bits per heavy atom. The second-order valence-electron chi connectivity index (χ2n) is 4.43. The van der Waals surface area contributed by atoms with Crippen LogP contribution in [0.3, 0.4) is 0 Å². The molecule has 0 unspecified atom stereocenters. The zero-order valence-electron chi connectivity index (χ0n) is 10.3. The van der Waals surface area contributed by atoms with E-state index in [0.29, 0.717) is 5.92 Å². The van der Waals surface area contributed by atoms with E-state index in [1.807, 2.05) is 12.1 Å². The number of aliphatic hydroxyl groups is 1. The first-order valence-electron chi connectivity index (χ1n) is 5.60. The van der Waals surface area contributed by atoms with Crippen molar-refractivity contribution >= 4 is 10.0 Å². The number of hydrogen-bond donors (Lipinski definition) is 2. The smallest absolute Gasteiger partial charge is 0.240 e. The van der Waals surface area contributed by atoms with E-state index in [9.17, 15) is 8.42 Å². The van der Waals surface area contributed by atoms with Gasteiger partial charge in [0.25, 0.3) is 0 Å². The van der Waals surface area contributed by atoms with Gasteiger partial charge in [0.15, 0.2) is 0 Å². The van der Waals surface area contributed by atoms with Crippen molar-refractivity contribution in [2.24, 2.45) is 0 Å². The lowest BCUT2D eigenvalue weighted by atomic mass is 10.0. The lowest BCUT2D eigenvalue weighted by Gasteiger charge is -2.12. The maximum atomic E-state index is 11.9. The maximum absolute atomic E-state index is 11.9. The third-order valence-corrected chi connectivity index (χ3v) is 4.09. The molecule has 0 saturated heterocycles. The van der Waals surface area contributed by atoms with Crippen molar-refractivity contribution in [2.75, 3.05) is 6.61 Å². The van der Waals surface area contributed by atoms with Gasteiger partial charge in [0, 0.05) is 6.04 Å². The van der Waals surface area contributed by atoms with Gasteiger partial charge in [0.05, 0.1) is 11.5 Å². The maximum Gasteiger partial charge on any atom is 0.240 e. The molecule has 0 aliphatic carbocycles. The Balaban J connectivity index is 2.92. The Bertz CT molecular complexity index is 451. The predicted molar refractivity (Wildman–Crippen MR) is 67.4 cm³/mol. The van der Waals surface area contributed by atoms with Gasteiger partial charge in [-0.25, -0.2) is 13.1 Å². The molecule has 4 nitrogen and oxygen atoms in total. The van der Waals surface area contributed by atoms with Gasteiger partial charge in [-0.1, -0.05) is 26.0 Å². The standard InChI is InChI=1S/C12H19NO3S/c1-9(2)11-4-6-12(7-5-11)17(15,16)13-10(3)8-14/h4-7,9-10,13-14H,8H2,1-3H3/t10-/m0/s1. The summed E-state index contributed by atoms with van der Waals surface area (Å²) in [6, 6.07) is 6.31. The molecule has 0 heterocycles. The fourth-order valence-electron chi connectivity index (χ4n) is 1.40. The fraction of sp³-hybridized carbons (Fsp3) is 0.500. The largest absolute Gasteiger partial charge is 0.395 e. The number of nitrogens with one attached hydrogen (secondary N) is 1. The summed E-state index contributed by atoms with van der Waals surface area (Å²) in [5, 5.41) is 8.83. The lowest BCUT2D eigenvalue weighted by molar-refractivity contribution is 0.265. The van der Waals surface area contributed by atoms with Crippen molar-refractivity contribution < 1.29 is 13.5 Å². The molecule has 0 fully saturated rings. The number of rotatable bonds is 5. The molecule has 0 spiro atoms. The first kappa shape index (κ1) is 14.2. The molecule has 96 valence electrons. The summed E-state index contributed by atoms with van der Waals surface area (Å²) in [6.45, 7) is 5.49. The number of sulfonamides is 1. The molecule has 0 radical (unpaired) electrons. The summed E-state index contributed by atoms with van der Waals surface area (Å²) in [4.78, 5) is 0.224. The number of benzene rings is 1. The van der Waals surface area contributed by atoms with Crippen LogP contribution < -0.4 is 4.72 Å². The van der Waals surface area contributed by atoms with E-state index in [2.05, 4.69) is 18.6 Å². The van der Waals surface area contributed by atoms with Gasteiger partial charge in [0.1, 0.15) is 0 Å². The molecule has 0 amide bonds. The van der Waals surface area contributed by atoms with Crippen molar-refractivity contribution in [2.45, 2.75) is 37.6 Å². The van der Waals surface area contributed by atoms with E-state index in [0.717, 1.165) is 5.56 Å². The third kappa shape index (κ3) is 3.80. The van der Waals surface area contributed by atoms with Crippen LogP contribution in [0.5, 0.6) is 0 Å². The molecule has 1 rings (SSSR count). The van der Waals surface area contributed by atoms with E-state index in [1.54, 1.807) is 19.1 Å². The highest BCUT2D eigenvalue weighted by Crippen LogP contribution is 2.17. The Labute approximate surface area is 103 Å². The molecule has 5 heteroatoms. The Morgan fingerprint density at radius 1 is 1.18 bits per heavy atom. The van der Waals surface area contributed by atoms with Crippen LogP contribution in [0, 0.1) is 0 Å². The van der Waals surface area contributed by atoms with Gasteiger partial charge >= 0.3 is 0 Å². The summed E-state index contributed by atoms with van der Waals surface area (Å²) in [5.74, 6) is 0.371. The van der Waals surface area contributed by atoms with Gasteiger partial charge in [-0.2, -0.15) is 0 Å². The second-order valence-corrected chi connectivity index (χ2v) is 6.14. The molecular weight excluding hydrogens is 238 g/mol. The molecule has 1 aromatic rings. The highest BCUT2D eigenvalue weighted by atomic mass is 32.2. The van der Waals surface area contributed by atoms with E-state index >= 15 is 0 Å². The van der Waals surface area contributed by atoms with Gasteiger partial charge in [-0.3, -0.25) is 0 Å². The molecule has 2 N–H and O–H groups in total. The average molecular weight is 257 g/mol. The predicted octanol–water partition coefficient (Wildman–Crippen LogP) is 1.47. The molecule has 1 atom stereocenters. The van der Waals surface area contributed by atoms with Crippen LogP contribution in [0.25, 0.3) is 0 Å². The summed E-state index contributed by atoms with van der Waals surface area (Å²) in [7, 11) is -3.52. The topological polar surface area (TPSA) is 66.4 Å². The van der Waals surface area contributed by atoms with E-state index in [-0.39, 0.29) is 11.5 Å². The van der Waals surface area contributed by atoms with Crippen LogP contribution in [0.4, 0.5) is 0 Å². The van der Waals surface area contributed by atoms with Crippen LogP contribution in [0.15, 0.2) is 29.2 Å². The molecule has 0 aromatic heterocycles. The fourth-order valence-corrected chi connectivity index (χ4v) is 2.64. The van der Waals surface area contributed by atoms with Crippen LogP contribution in [0.1, 0.15) is 32.3 Å². The molecule has 1 aromatic carbocycles. The van der Waals surface area contributed by atoms with Gasteiger partial charge in [-0.15, -0.1) is 0 Å². The molecule has 0 bridgehead atoms. The minimum atomic E-state index is -3.52. The molecule has 0 aliphatic heterocycles. The van der Waals surface area contributed by atoms with Crippen molar-refractivity contribution in [3.05, 3.63) is 29.8 Å².